The summed E-state index contributed by atoms with van der Waals surface area (Å²) in [5.41, 5.74) is 0.384. The molecule has 0 atom stereocenters. The minimum absolute atomic E-state index is 0.0654. The quantitative estimate of drug-likeness (QED) is 0.751. The minimum Gasteiger partial charge on any atom is -0.324 e. The molecule has 0 bridgehead atoms. The second-order valence-electron chi connectivity index (χ2n) is 4.49. The Morgan fingerprint density at radius 1 is 1.38 bits per heavy atom. The number of amides is 1. The van der Waals surface area contributed by atoms with Gasteiger partial charge in [0.05, 0.1) is 16.0 Å². The van der Waals surface area contributed by atoms with Crippen LogP contribution >= 0.6 is 11.8 Å². The fraction of sp³-hybridized carbons (Fsp3) is 0.417. The summed E-state index contributed by atoms with van der Waals surface area (Å²) in [6.07, 6.45) is 2.97. The van der Waals surface area contributed by atoms with Gasteiger partial charge in [-0.25, -0.2) is 4.39 Å². The maximum absolute atomic E-state index is 13.6. The summed E-state index contributed by atoms with van der Waals surface area (Å²) in [6.45, 7) is 0. The van der Waals surface area contributed by atoms with Crippen LogP contribution in [0.5, 0.6) is 0 Å². The van der Waals surface area contributed by atoms with Crippen LogP contribution in [0.3, 0.4) is 0 Å². The lowest BCUT2D eigenvalue weighted by Crippen LogP contribution is -2.43. The van der Waals surface area contributed by atoms with Crippen molar-refractivity contribution >= 4 is 23.4 Å². The Labute approximate surface area is 97.6 Å². The Balaban J connectivity index is 2.00. The molecule has 4 heteroatoms. The molecule has 0 aromatic heterocycles. The van der Waals surface area contributed by atoms with Crippen molar-refractivity contribution in [3.8, 4) is 0 Å². The van der Waals surface area contributed by atoms with Gasteiger partial charge in [-0.2, -0.15) is 0 Å². The number of benzene rings is 1. The first kappa shape index (κ1) is 10.1. The van der Waals surface area contributed by atoms with Crippen LogP contribution < -0.4 is 5.32 Å². The molecule has 1 aromatic carbocycles. The van der Waals surface area contributed by atoms with E-state index in [1.807, 2.05) is 0 Å². The number of nitrogens with one attached hydrogen (secondary N) is 1. The monoisotopic (exact) mass is 237 g/mol. The largest absolute Gasteiger partial charge is 0.324 e. The number of fused-ring (bicyclic) bond motifs is 1. The molecule has 1 aliphatic carbocycles. The Hall–Kier alpha value is -1.03. The van der Waals surface area contributed by atoms with Gasteiger partial charge in [0.2, 0.25) is 5.91 Å². The van der Waals surface area contributed by atoms with Crippen molar-refractivity contribution in [1.29, 1.82) is 0 Å². The Morgan fingerprint density at radius 3 is 2.88 bits per heavy atom. The first-order valence-corrected chi connectivity index (χ1v) is 6.43. The Kier molecular flexibility index (Phi) is 2.21. The predicted molar refractivity (Wildman–Crippen MR) is 62.0 cm³/mol. The maximum atomic E-state index is 13.6. The normalized spacial score (nSPS) is 21.9. The zero-order chi connectivity index (χ0) is 11.2. The molecule has 1 N–H and O–H groups in total. The number of carbonyl (C=O) groups excluding carboxylic acids is 1. The standard InChI is InChI=1S/C12H12FNOS/c13-8-3-1-4-9-10(8)16-7-12(5-2-6-12)11(15)14-9/h1,3-4H,2,5-7H2,(H,14,15). The van der Waals surface area contributed by atoms with Crippen LogP contribution in [-0.4, -0.2) is 11.7 Å². The molecule has 1 aliphatic heterocycles. The molecule has 0 radical (unpaired) electrons. The van der Waals surface area contributed by atoms with E-state index in [-0.39, 0.29) is 17.1 Å². The van der Waals surface area contributed by atoms with Crippen LogP contribution in [0, 0.1) is 11.2 Å². The fourth-order valence-corrected chi connectivity index (χ4v) is 3.58. The van der Waals surface area contributed by atoms with Gasteiger partial charge in [0, 0.05) is 5.75 Å². The molecule has 3 rings (SSSR count). The van der Waals surface area contributed by atoms with Crippen LogP contribution in [-0.2, 0) is 4.79 Å². The van der Waals surface area contributed by atoms with Crippen LogP contribution in [0.4, 0.5) is 10.1 Å². The summed E-state index contributed by atoms with van der Waals surface area (Å²) >= 11 is 1.46. The van der Waals surface area contributed by atoms with Gasteiger partial charge in [0.1, 0.15) is 5.82 Å². The van der Waals surface area contributed by atoms with Crippen molar-refractivity contribution in [3.05, 3.63) is 24.0 Å². The molecule has 0 saturated heterocycles. The molecule has 1 heterocycles. The van der Waals surface area contributed by atoms with E-state index in [0.717, 1.165) is 19.3 Å². The first-order valence-electron chi connectivity index (χ1n) is 5.44. The molecule has 1 amide bonds. The van der Waals surface area contributed by atoms with Crippen molar-refractivity contribution in [2.75, 3.05) is 11.1 Å². The van der Waals surface area contributed by atoms with E-state index in [2.05, 4.69) is 5.32 Å². The zero-order valence-corrected chi connectivity index (χ0v) is 9.57. The Morgan fingerprint density at radius 2 is 2.19 bits per heavy atom. The number of anilines is 1. The minimum atomic E-state index is -0.240. The summed E-state index contributed by atoms with van der Waals surface area (Å²) in [7, 11) is 0. The third kappa shape index (κ3) is 1.36. The van der Waals surface area contributed by atoms with E-state index < -0.39 is 0 Å². The Bertz CT molecular complexity index is 456. The van der Waals surface area contributed by atoms with E-state index in [1.165, 1.54) is 17.8 Å². The molecular weight excluding hydrogens is 225 g/mol. The zero-order valence-electron chi connectivity index (χ0n) is 8.75. The molecular formula is C12H12FNOS. The number of rotatable bonds is 0. The predicted octanol–water partition coefficient (Wildman–Crippen LogP) is 3.04. The number of carbonyl (C=O) groups is 1. The van der Waals surface area contributed by atoms with Gasteiger partial charge in [-0.15, -0.1) is 11.8 Å². The molecule has 1 fully saturated rings. The highest BCUT2D eigenvalue weighted by atomic mass is 32.2. The first-order chi connectivity index (χ1) is 7.71. The number of hydrogen-bond acceptors (Lipinski definition) is 2. The SMILES string of the molecule is O=C1Nc2cccc(F)c2SCC12CCC2. The second-order valence-corrected chi connectivity index (χ2v) is 5.48. The summed E-state index contributed by atoms with van der Waals surface area (Å²) in [4.78, 5) is 12.6. The summed E-state index contributed by atoms with van der Waals surface area (Å²) in [6, 6.07) is 4.84. The van der Waals surface area contributed by atoms with Gasteiger partial charge >= 0.3 is 0 Å². The number of hydrogen-bond donors (Lipinski definition) is 1. The van der Waals surface area contributed by atoms with Gasteiger partial charge in [-0.3, -0.25) is 4.79 Å². The van der Waals surface area contributed by atoms with Crippen molar-refractivity contribution in [3.63, 3.8) is 0 Å². The third-order valence-electron chi connectivity index (χ3n) is 3.50. The van der Waals surface area contributed by atoms with Crippen molar-refractivity contribution < 1.29 is 9.18 Å². The van der Waals surface area contributed by atoms with Gasteiger partial charge in [-0.05, 0) is 25.0 Å². The third-order valence-corrected chi connectivity index (χ3v) is 4.90. The van der Waals surface area contributed by atoms with Crippen LogP contribution in [0.2, 0.25) is 0 Å². The summed E-state index contributed by atoms with van der Waals surface area (Å²) < 4.78 is 13.6. The van der Waals surface area contributed by atoms with E-state index >= 15 is 0 Å². The van der Waals surface area contributed by atoms with Crippen molar-refractivity contribution in [2.24, 2.45) is 5.41 Å². The number of halogens is 1. The van der Waals surface area contributed by atoms with E-state index in [0.29, 0.717) is 16.3 Å². The average molecular weight is 237 g/mol. The molecule has 2 aliphatic rings. The number of thioether (sulfide) groups is 1. The van der Waals surface area contributed by atoms with Gasteiger partial charge < -0.3 is 5.32 Å². The topological polar surface area (TPSA) is 29.1 Å². The fourth-order valence-electron chi connectivity index (χ4n) is 2.26. The molecule has 0 unspecified atom stereocenters. The highest BCUT2D eigenvalue weighted by Gasteiger charge is 2.45. The van der Waals surface area contributed by atoms with E-state index in [4.69, 9.17) is 0 Å². The lowest BCUT2D eigenvalue weighted by molar-refractivity contribution is -0.128. The van der Waals surface area contributed by atoms with Gasteiger partial charge in [0.25, 0.3) is 0 Å². The van der Waals surface area contributed by atoms with E-state index in [1.54, 1.807) is 12.1 Å². The lowest BCUT2D eigenvalue weighted by Gasteiger charge is -2.38. The lowest BCUT2D eigenvalue weighted by atomic mass is 9.69. The van der Waals surface area contributed by atoms with Crippen LogP contribution in [0.1, 0.15) is 19.3 Å². The highest BCUT2D eigenvalue weighted by Crippen LogP contribution is 2.49. The van der Waals surface area contributed by atoms with Crippen molar-refractivity contribution in [2.45, 2.75) is 24.2 Å². The maximum Gasteiger partial charge on any atom is 0.231 e. The molecule has 1 spiro atoms. The molecule has 1 saturated carbocycles. The van der Waals surface area contributed by atoms with Gasteiger partial charge in [0.15, 0.2) is 0 Å². The molecule has 2 nitrogen and oxygen atoms in total. The molecule has 1 aromatic rings. The van der Waals surface area contributed by atoms with E-state index in [9.17, 15) is 9.18 Å². The van der Waals surface area contributed by atoms with Crippen molar-refractivity contribution in [1.82, 2.24) is 0 Å². The van der Waals surface area contributed by atoms with Crippen LogP contribution in [0.25, 0.3) is 0 Å². The van der Waals surface area contributed by atoms with Crippen LogP contribution in [0.15, 0.2) is 23.1 Å². The average Bonchev–Trinajstić information content (AvgIpc) is 2.34. The summed E-state index contributed by atoms with van der Waals surface area (Å²) in [5, 5.41) is 2.86. The second kappa shape index (κ2) is 3.48. The highest BCUT2D eigenvalue weighted by molar-refractivity contribution is 7.99. The smallest absolute Gasteiger partial charge is 0.231 e. The summed E-state index contributed by atoms with van der Waals surface area (Å²) in [5.74, 6) is 0.530. The van der Waals surface area contributed by atoms with Gasteiger partial charge in [-0.1, -0.05) is 12.5 Å². The molecule has 16 heavy (non-hydrogen) atoms. The molecule has 84 valence electrons.